The lowest BCUT2D eigenvalue weighted by molar-refractivity contribution is -0.130. The third kappa shape index (κ3) is 2.97. The van der Waals surface area contributed by atoms with Gasteiger partial charge in [-0.2, -0.15) is 0 Å². The predicted molar refractivity (Wildman–Crippen MR) is 92.3 cm³/mol. The van der Waals surface area contributed by atoms with Gasteiger partial charge >= 0.3 is 0 Å². The summed E-state index contributed by atoms with van der Waals surface area (Å²) in [6.07, 6.45) is 0. The van der Waals surface area contributed by atoms with E-state index in [1.807, 2.05) is 61.5 Å². The maximum Gasteiger partial charge on any atom is 0.250 e. The number of benzene rings is 2. The fourth-order valence-electron chi connectivity index (χ4n) is 2.48. The molecule has 2 unspecified atom stereocenters. The van der Waals surface area contributed by atoms with Crippen molar-refractivity contribution in [3.05, 3.63) is 60.2 Å². The molecular weight excluding hydrogens is 308 g/mol. The lowest BCUT2D eigenvalue weighted by atomic mass is 10.1. The van der Waals surface area contributed by atoms with Gasteiger partial charge in [0, 0.05) is 4.90 Å². The highest BCUT2D eigenvalue weighted by Crippen LogP contribution is 2.42. The number of hydrogen-bond acceptors (Lipinski definition) is 3. The molecule has 1 aliphatic heterocycles. The number of nitrogens with one attached hydrogen (secondary N) is 2. The number of para-hydroxylation sites is 1. The topological polar surface area (TPSA) is 58.2 Å². The van der Waals surface area contributed by atoms with Crippen molar-refractivity contribution >= 4 is 29.3 Å². The number of hydrogen-bond donors (Lipinski definition) is 2. The van der Waals surface area contributed by atoms with Crippen molar-refractivity contribution in [3.8, 4) is 0 Å². The first-order valence-electron chi connectivity index (χ1n) is 7.46. The molecule has 2 N–H and O–H groups in total. The van der Waals surface area contributed by atoms with Gasteiger partial charge in [0.15, 0.2) is 4.75 Å². The average Bonchev–Trinajstić information content (AvgIpc) is 2.56. The molecular formula is C18H18N2O2S. The van der Waals surface area contributed by atoms with Crippen molar-refractivity contribution in [2.45, 2.75) is 29.5 Å². The second-order valence-corrected chi connectivity index (χ2v) is 7.15. The highest BCUT2D eigenvalue weighted by Gasteiger charge is 2.46. The normalized spacial score (nSPS) is 21.0. The SMILES string of the molecule is CC(NC(=O)C1(C)Sc2ccccc2NC1=O)c1ccccc1. The summed E-state index contributed by atoms with van der Waals surface area (Å²) < 4.78 is -1.18. The molecule has 2 aromatic rings. The summed E-state index contributed by atoms with van der Waals surface area (Å²) in [4.78, 5) is 26.1. The fourth-order valence-corrected chi connectivity index (χ4v) is 3.59. The summed E-state index contributed by atoms with van der Waals surface area (Å²) in [7, 11) is 0. The zero-order valence-corrected chi connectivity index (χ0v) is 13.8. The summed E-state index contributed by atoms with van der Waals surface area (Å²) in [6.45, 7) is 3.58. The first-order chi connectivity index (χ1) is 11.0. The van der Waals surface area contributed by atoms with Crippen molar-refractivity contribution in [2.24, 2.45) is 0 Å². The van der Waals surface area contributed by atoms with Gasteiger partial charge in [-0.3, -0.25) is 9.59 Å². The Bertz CT molecular complexity index is 748. The molecule has 5 heteroatoms. The maximum atomic E-state index is 12.7. The molecule has 23 heavy (non-hydrogen) atoms. The minimum Gasteiger partial charge on any atom is -0.348 e. The van der Waals surface area contributed by atoms with E-state index in [2.05, 4.69) is 10.6 Å². The molecule has 0 spiro atoms. The average molecular weight is 326 g/mol. The van der Waals surface area contributed by atoms with Crippen LogP contribution in [0, 0.1) is 0 Å². The second-order valence-electron chi connectivity index (χ2n) is 5.69. The minimum absolute atomic E-state index is 0.161. The molecule has 4 nitrogen and oxygen atoms in total. The summed E-state index contributed by atoms with van der Waals surface area (Å²) in [5, 5.41) is 5.77. The summed E-state index contributed by atoms with van der Waals surface area (Å²) in [5.41, 5.74) is 1.76. The van der Waals surface area contributed by atoms with Crippen LogP contribution in [0.4, 0.5) is 5.69 Å². The second kappa shape index (κ2) is 6.08. The van der Waals surface area contributed by atoms with Crippen LogP contribution >= 0.6 is 11.8 Å². The first kappa shape index (κ1) is 15.6. The van der Waals surface area contributed by atoms with Crippen LogP contribution in [0.3, 0.4) is 0 Å². The molecule has 0 saturated heterocycles. The molecule has 0 bridgehead atoms. The van der Waals surface area contributed by atoms with Gasteiger partial charge < -0.3 is 10.6 Å². The molecule has 3 rings (SSSR count). The maximum absolute atomic E-state index is 12.7. The van der Waals surface area contributed by atoms with Crippen LogP contribution in [0.5, 0.6) is 0 Å². The Morgan fingerprint density at radius 3 is 2.52 bits per heavy atom. The molecule has 1 heterocycles. The fraction of sp³-hybridized carbons (Fsp3) is 0.222. The van der Waals surface area contributed by atoms with Crippen molar-refractivity contribution < 1.29 is 9.59 Å². The van der Waals surface area contributed by atoms with E-state index < -0.39 is 4.75 Å². The van der Waals surface area contributed by atoms with Crippen LogP contribution in [-0.2, 0) is 9.59 Å². The highest BCUT2D eigenvalue weighted by atomic mass is 32.2. The Morgan fingerprint density at radius 1 is 1.13 bits per heavy atom. The number of thioether (sulfide) groups is 1. The number of amides is 2. The molecule has 118 valence electrons. The molecule has 0 fully saturated rings. The molecule has 2 aromatic carbocycles. The largest absolute Gasteiger partial charge is 0.348 e. The number of fused-ring (bicyclic) bond motifs is 1. The van der Waals surface area contributed by atoms with Crippen molar-refractivity contribution in [1.82, 2.24) is 5.32 Å². The molecule has 2 atom stereocenters. The number of carbonyl (C=O) groups is 2. The van der Waals surface area contributed by atoms with Gasteiger partial charge in [0.05, 0.1) is 11.7 Å². The number of anilines is 1. The van der Waals surface area contributed by atoms with E-state index in [0.29, 0.717) is 0 Å². The van der Waals surface area contributed by atoms with E-state index in [-0.39, 0.29) is 17.9 Å². The van der Waals surface area contributed by atoms with Gasteiger partial charge in [0.1, 0.15) is 0 Å². The van der Waals surface area contributed by atoms with Gasteiger partial charge in [0.25, 0.3) is 0 Å². The number of rotatable bonds is 3. The van der Waals surface area contributed by atoms with Crippen LogP contribution in [0.15, 0.2) is 59.5 Å². The summed E-state index contributed by atoms with van der Waals surface area (Å²) >= 11 is 1.29. The van der Waals surface area contributed by atoms with Gasteiger partial charge in [-0.15, -0.1) is 0 Å². The Kier molecular flexibility index (Phi) is 4.13. The Hall–Kier alpha value is -2.27. The zero-order valence-electron chi connectivity index (χ0n) is 13.0. The Morgan fingerprint density at radius 2 is 1.78 bits per heavy atom. The Balaban J connectivity index is 1.80. The van der Waals surface area contributed by atoms with E-state index in [1.54, 1.807) is 6.92 Å². The minimum atomic E-state index is -1.18. The highest BCUT2D eigenvalue weighted by molar-refractivity contribution is 8.02. The quantitative estimate of drug-likeness (QED) is 0.850. The third-order valence-corrected chi connectivity index (χ3v) is 5.32. The molecule has 2 amide bonds. The monoisotopic (exact) mass is 326 g/mol. The van der Waals surface area contributed by atoms with E-state index >= 15 is 0 Å². The van der Waals surface area contributed by atoms with Gasteiger partial charge in [-0.25, -0.2) is 0 Å². The van der Waals surface area contributed by atoms with E-state index in [4.69, 9.17) is 0 Å². The molecule has 0 saturated carbocycles. The van der Waals surface area contributed by atoms with Gasteiger partial charge in [0.2, 0.25) is 11.8 Å². The van der Waals surface area contributed by atoms with E-state index in [1.165, 1.54) is 11.8 Å². The van der Waals surface area contributed by atoms with Crippen LogP contribution in [-0.4, -0.2) is 16.6 Å². The predicted octanol–water partition coefficient (Wildman–Crippen LogP) is 3.37. The van der Waals surface area contributed by atoms with Crippen molar-refractivity contribution in [1.29, 1.82) is 0 Å². The summed E-state index contributed by atoms with van der Waals surface area (Å²) in [5.74, 6) is -0.579. The molecule has 0 radical (unpaired) electrons. The zero-order chi connectivity index (χ0) is 16.4. The standard InChI is InChI=1S/C18H18N2O2S/c1-12(13-8-4-3-5-9-13)19-16(21)18(2)17(22)20-14-10-6-7-11-15(14)23-18/h3-12H,1-2H3,(H,19,21)(H,20,22). The van der Waals surface area contributed by atoms with Crippen LogP contribution in [0.25, 0.3) is 0 Å². The molecule has 1 aliphatic rings. The first-order valence-corrected chi connectivity index (χ1v) is 8.28. The smallest absolute Gasteiger partial charge is 0.250 e. The van der Waals surface area contributed by atoms with Crippen LogP contribution in [0.2, 0.25) is 0 Å². The number of carbonyl (C=O) groups excluding carboxylic acids is 2. The van der Waals surface area contributed by atoms with Crippen molar-refractivity contribution in [3.63, 3.8) is 0 Å². The van der Waals surface area contributed by atoms with Crippen LogP contribution < -0.4 is 10.6 Å². The Labute approximate surface area is 139 Å². The van der Waals surface area contributed by atoms with Gasteiger partial charge in [-0.05, 0) is 31.5 Å². The summed E-state index contributed by atoms with van der Waals surface area (Å²) in [6, 6.07) is 17.0. The lowest BCUT2D eigenvalue weighted by Gasteiger charge is -2.32. The van der Waals surface area contributed by atoms with Gasteiger partial charge in [-0.1, -0.05) is 54.2 Å². The lowest BCUT2D eigenvalue weighted by Crippen LogP contribution is -2.52. The van der Waals surface area contributed by atoms with Crippen molar-refractivity contribution in [2.75, 3.05) is 5.32 Å². The van der Waals surface area contributed by atoms with E-state index in [9.17, 15) is 9.59 Å². The van der Waals surface area contributed by atoms with Crippen LogP contribution in [0.1, 0.15) is 25.5 Å². The molecule has 0 aromatic heterocycles. The third-order valence-electron chi connectivity index (χ3n) is 3.96. The molecule has 0 aliphatic carbocycles. The van der Waals surface area contributed by atoms with E-state index in [0.717, 1.165) is 16.1 Å².